The molecule has 6 nitrogen and oxygen atoms in total. The molecule has 2 aliphatic heterocycles. The van der Waals surface area contributed by atoms with Gasteiger partial charge >= 0.3 is 0 Å². The number of nitrogens with zero attached hydrogens (tertiary/aromatic N) is 3. The fourth-order valence-electron chi connectivity index (χ4n) is 3.10. The van der Waals surface area contributed by atoms with Gasteiger partial charge in [-0.2, -0.15) is 0 Å². The molecule has 0 radical (unpaired) electrons. The summed E-state index contributed by atoms with van der Waals surface area (Å²) >= 11 is 0. The highest BCUT2D eigenvalue weighted by Crippen LogP contribution is 2.29. The Labute approximate surface area is 115 Å². The van der Waals surface area contributed by atoms with Gasteiger partial charge in [0.2, 0.25) is 0 Å². The molecule has 0 aliphatic carbocycles. The minimum Gasteiger partial charge on any atom is -0.392 e. The van der Waals surface area contributed by atoms with Crippen molar-refractivity contribution in [1.29, 1.82) is 0 Å². The Morgan fingerprint density at radius 2 is 2.15 bits per heavy atom. The lowest BCUT2D eigenvalue weighted by Gasteiger charge is -2.38. The van der Waals surface area contributed by atoms with E-state index in [0.29, 0.717) is 31.7 Å². The fourth-order valence-corrected chi connectivity index (χ4v) is 3.10. The SMILES string of the molecule is O=[N+]([O-])c1ccc(N2CCN3C[C@H](O)CC3C2)c(F)c1. The Bertz CT molecular complexity index is 540. The lowest BCUT2D eigenvalue weighted by Crippen LogP contribution is -2.50. The number of rotatable bonds is 2. The van der Waals surface area contributed by atoms with Crippen molar-refractivity contribution >= 4 is 11.4 Å². The van der Waals surface area contributed by atoms with Crippen LogP contribution in [-0.4, -0.2) is 53.3 Å². The Kier molecular flexibility index (Phi) is 3.31. The molecule has 1 unspecified atom stereocenters. The number of aliphatic hydroxyl groups excluding tert-OH is 1. The summed E-state index contributed by atoms with van der Waals surface area (Å²) in [6.07, 6.45) is 0.395. The third-order valence-electron chi connectivity index (χ3n) is 4.08. The number of piperazine rings is 1. The zero-order valence-corrected chi connectivity index (χ0v) is 10.9. The van der Waals surface area contributed by atoms with Gasteiger partial charge in [0.15, 0.2) is 5.82 Å². The molecular weight excluding hydrogens is 265 g/mol. The van der Waals surface area contributed by atoms with E-state index in [1.165, 1.54) is 12.1 Å². The van der Waals surface area contributed by atoms with E-state index < -0.39 is 10.7 Å². The van der Waals surface area contributed by atoms with Gasteiger partial charge in [-0.05, 0) is 12.5 Å². The second kappa shape index (κ2) is 4.99. The van der Waals surface area contributed by atoms with Crippen LogP contribution in [0.1, 0.15) is 6.42 Å². The molecule has 0 saturated carbocycles. The lowest BCUT2D eigenvalue weighted by atomic mass is 10.1. The molecule has 0 bridgehead atoms. The van der Waals surface area contributed by atoms with E-state index in [9.17, 15) is 19.6 Å². The number of nitro groups is 1. The highest BCUT2D eigenvalue weighted by atomic mass is 19.1. The number of benzene rings is 1. The molecule has 1 aromatic carbocycles. The van der Waals surface area contributed by atoms with Gasteiger partial charge in [-0.3, -0.25) is 15.0 Å². The summed E-state index contributed by atoms with van der Waals surface area (Å²) in [4.78, 5) is 14.1. The monoisotopic (exact) mass is 281 g/mol. The van der Waals surface area contributed by atoms with Gasteiger partial charge in [0.25, 0.3) is 5.69 Å². The largest absolute Gasteiger partial charge is 0.392 e. The van der Waals surface area contributed by atoms with E-state index in [1.54, 1.807) is 0 Å². The van der Waals surface area contributed by atoms with Crippen LogP contribution in [0.2, 0.25) is 0 Å². The van der Waals surface area contributed by atoms with Crippen LogP contribution in [0.3, 0.4) is 0 Å². The highest BCUT2D eigenvalue weighted by Gasteiger charge is 2.35. The van der Waals surface area contributed by atoms with Gasteiger partial charge in [0, 0.05) is 38.3 Å². The van der Waals surface area contributed by atoms with Crippen molar-refractivity contribution in [2.75, 3.05) is 31.1 Å². The van der Waals surface area contributed by atoms with Crippen molar-refractivity contribution < 1.29 is 14.4 Å². The summed E-state index contributed by atoms with van der Waals surface area (Å²) in [6, 6.07) is 3.99. The molecule has 2 atom stereocenters. The van der Waals surface area contributed by atoms with E-state index in [0.717, 1.165) is 12.6 Å². The normalized spacial score (nSPS) is 26.6. The quantitative estimate of drug-likeness (QED) is 0.646. The van der Waals surface area contributed by atoms with Crippen LogP contribution in [0, 0.1) is 15.9 Å². The number of anilines is 1. The number of nitro benzene ring substituents is 1. The van der Waals surface area contributed by atoms with Crippen LogP contribution in [0.5, 0.6) is 0 Å². The van der Waals surface area contributed by atoms with Crippen LogP contribution in [0.25, 0.3) is 0 Å². The molecule has 108 valence electrons. The summed E-state index contributed by atoms with van der Waals surface area (Å²) in [7, 11) is 0. The number of halogens is 1. The molecule has 0 amide bonds. The number of aliphatic hydroxyl groups is 1. The van der Waals surface area contributed by atoms with Gasteiger partial charge in [0.05, 0.1) is 22.8 Å². The van der Waals surface area contributed by atoms with Gasteiger partial charge in [-0.1, -0.05) is 0 Å². The molecule has 0 aromatic heterocycles. The Morgan fingerprint density at radius 3 is 2.85 bits per heavy atom. The zero-order valence-electron chi connectivity index (χ0n) is 10.9. The van der Waals surface area contributed by atoms with Crippen molar-refractivity contribution in [3.8, 4) is 0 Å². The standard InChI is InChI=1S/C13H16FN3O3/c14-12-6-9(17(19)20)1-2-13(12)16-4-3-15-8-11(18)5-10(15)7-16/h1-2,6,10-11,18H,3-5,7-8H2/t10?,11-/m1/s1. The van der Waals surface area contributed by atoms with Crippen molar-refractivity contribution in [2.24, 2.45) is 0 Å². The summed E-state index contributed by atoms with van der Waals surface area (Å²) in [5.41, 5.74) is 0.165. The molecule has 20 heavy (non-hydrogen) atoms. The van der Waals surface area contributed by atoms with Crippen LogP contribution in [0.4, 0.5) is 15.8 Å². The minimum absolute atomic E-state index is 0.230. The first-order valence-corrected chi connectivity index (χ1v) is 6.65. The smallest absolute Gasteiger partial charge is 0.272 e. The average Bonchev–Trinajstić information content (AvgIpc) is 2.77. The summed E-state index contributed by atoms with van der Waals surface area (Å²) in [5.74, 6) is -0.564. The number of hydrogen-bond donors (Lipinski definition) is 1. The molecule has 1 aromatic rings. The molecule has 2 heterocycles. The maximum absolute atomic E-state index is 14.0. The molecule has 2 saturated heterocycles. The summed E-state index contributed by atoms with van der Waals surface area (Å²) in [5, 5.41) is 20.3. The van der Waals surface area contributed by atoms with E-state index in [4.69, 9.17) is 0 Å². The maximum Gasteiger partial charge on any atom is 0.272 e. The maximum atomic E-state index is 14.0. The molecule has 7 heteroatoms. The van der Waals surface area contributed by atoms with Crippen molar-refractivity contribution in [2.45, 2.75) is 18.6 Å². The lowest BCUT2D eigenvalue weighted by molar-refractivity contribution is -0.385. The molecular formula is C13H16FN3O3. The van der Waals surface area contributed by atoms with E-state index in [2.05, 4.69) is 4.90 Å². The zero-order chi connectivity index (χ0) is 14.3. The first kappa shape index (κ1) is 13.3. The summed E-state index contributed by atoms with van der Waals surface area (Å²) < 4.78 is 14.0. The van der Waals surface area contributed by atoms with Crippen molar-refractivity contribution in [3.05, 3.63) is 34.1 Å². The second-order valence-corrected chi connectivity index (χ2v) is 5.38. The summed E-state index contributed by atoms with van der Waals surface area (Å²) in [6.45, 7) is 2.77. The molecule has 2 aliphatic rings. The average molecular weight is 281 g/mol. The van der Waals surface area contributed by atoms with Crippen LogP contribution in [-0.2, 0) is 0 Å². The fraction of sp³-hybridized carbons (Fsp3) is 0.538. The predicted octanol–water partition coefficient (Wildman–Crippen LogP) is 0.989. The third kappa shape index (κ3) is 2.34. The molecule has 1 N–H and O–H groups in total. The first-order valence-electron chi connectivity index (χ1n) is 6.65. The molecule has 0 spiro atoms. The van der Waals surface area contributed by atoms with Crippen LogP contribution in [0.15, 0.2) is 18.2 Å². The van der Waals surface area contributed by atoms with E-state index in [1.807, 2.05) is 4.90 Å². The van der Waals surface area contributed by atoms with E-state index in [-0.39, 0.29) is 17.8 Å². The predicted molar refractivity (Wildman–Crippen MR) is 71.3 cm³/mol. The van der Waals surface area contributed by atoms with Gasteiger partial charge in [-0.15, -0.1) is 0 Å². The number of non-ortho nitro benzene ring substituents is 1. The van der Waals surface area contributed by atoms with Crippen molar-refractivity contribution in [1.82, 2.24) is 4.90 Å². The minimum atomic E-state index is -0.599. The van der Waals surface area contributed by atoms with Crippen LogP contribution < -0.4 is 4.90 Å². The Balaban J connectivity index is 1.78. The first-order chi connectivity index (χ1) is 9.54. The topological polar surface area (TPSA) is 69.9 Å². The third-order valence-corrected chi connectivity index (χ3v) is 4.08. The number of hydrogen-bond acceptors (Lipinski definition) is 5. The molecule has 3 rings (SSSR count). The van der Waals surface area contributed by atoms with E-state index >= 15 is 0 Å². The van der Waals surface area contributed by atoms with Gasteiger partial charge < -0.3 is 10.0 Å². The Morgan fingerprint density at radius 1 is 1.35 bits per heavy atom. The molecule has 2 fully saturated rings. The van der Waals surface area contributed by atoms with Crippen LogP contribution >= 0.6 is 0 Å². The van der Waals surface area contributed by atoms with Crippen molar-refractivity contribution in [3.63, 3.8) is 0 Å². The number of fused-ring (bicyclic) bond motifs is 1. The second-order valence-electron chi connectivity index (χ2n) is 5.38. The van der Waals surface area contributed by atoms with Gasteiger partial charge in [0.1, 0.15) is 0 Å². The van der Waals surface area contributed by atoms with Gasteiger partial charge in [-0.25, -0.2) is 4.39 Å². The highest BCUT2D eigenvalue weighted by molar-refractivity contribution is 5.53. The Hall–Kier alpha value is -1.73.